The minimum absolute atomic E-state index is 0.00508. The first-order valence-corrected chi connectivity index (χ1v) is 6.67. The van der Waals surface area contributed by atoms with Crippen LogP contribution in [0.25, 0.3) is 0 Å². The lowest BCUT2D eigenvalue weighted by atomic mass is 9.84. The Morgan fingerprint density at radius 1 is 1.42 bits per heavy atom. The summed E-state index contributed by atoms with van der Waals surface area (Å²) in [7, 11) is 0. The molecule has 3 N–H and O–H groups in total. The molecule has 1 rings (SSSR count). The fraction of sp³-hybridized carbons (Fsp3) is 0.500. The Morgan fingerprint density at radius 3 is 2.68 bits per heavy atom. The number of hydrogen-bond acceptors (Lipinski definition) is 2. The highest BCUT2D eigenvalue weighted by Crippen LogP contribution is 2.28. The van der Waals surface area contributed by atoms with Crippen molar-refractivity contribution in [3.05, 3.63) is 29.0 Å². The molecule has 1 amide bonds. The van der Waals surface area contributed by atoms with Crippen molar-refractivity contribution in [3.63, 3.8) is 0 Å². The van der Waals surface area contributed by atoms with E-state index in [2.05, 4.69) is 19.2 Å². The molecule has 0 heterocycles. The van der Waals surface area contributed by atoms with Gasteiger partial charge in [0.15, 0.2) is 0 Å². The predicted molar refractivity (Wildman–Crippen MR) is 76.7 cm³/mol. The van der Waals surface area contributed by atoms with Crippen LogP contribution in [-0.4, -0.2) is 12.5 Å². The lowest BCUT2D eigenvalue weighted by molar-refractivity contribution is -0.116. The molecular formula is C14H20ClFN2O. The predicted octanol–water partition coefficient (Wildman–Crippen LogP) is 3.57. The zero-order valence-corrected chi connectivity index (χ0v) is 12.1. The summed E-state index contributed by atoms with van der Waals surface area (Å²) in [5.41, 5.74) is 5.57. The fourth-order valence-electron chi connectivity index (χ4n) is 1.79. The number of carbonyl (C=O) groups excluding carboxylic acids is 1. The second-order valence-corrected chi connectivity index (χ2v) is 5.75. The van der Waals surface area contributed by atoms with E-state index in [0.717, 1.165) is 6.42 Å². The summed E-state index contributed by atoms with van der Waals surface area (Å²) < 4.78 is 13.5. The Balaban J connectivity index is 2.57. The molecule has 0 aliphatic heterocycles. The second-order valence-electron chi connectivity index (χ2n) is 5.35. The third kappa shape index (κ3) is 5.17. The molecule has 0 saturated heterocycles. The van der Waals surface area contributed by atoms with Gasteiger partial charge in [0.05, 0.1) is 10.7 Å². The van der Waals surface area contributed by atoms with E-state index >= 15 is 0 Å². The average Bonchev–Trinajstić information content (AvgIpc) is 2.32. The Labute approximate surface area is 118 Å². The van der Waals surface area contributed by atoms with E-state index in [9.17, 15) is 9.18 Å². The molecule has 0 fully saturated rings. The first kappa shape index (κ1) is 15.9. The van der Waals surface area contributed by atoms with E-state index in [0.29, 0.717) is 19.4 Å². The van der Waals surface area contributed by atoms with E-state index in [-0.39, 0.29) is 22.0 Å². The minimum Gasteiger partial charge on any atom is -0.330 e. The highest BCUT2D eigenvalue weighted by molar-refractivity contribution is 6.33. The van der Waals surface area contributed by atoms with Crippen molar-refractivity contribution in [1.29, 1.82) is 0 Å². The van der Waals surface area contributed by atoms with Crippen molar-refractivity contribution in [2.24, 2.45) is 11.1 Å². The van der Waals surface area contributed by atoms with Crippen molar-refractivity contribution in [3.8, 4) is 0 Å². The van der Waals surface area contributed by atoms with Gasteiger partial charge in [-0.2, -0.15) is 0 Å². The molecule has 0 saturated carbocycles. The van der Waals surface area contributed by atoms with E-state index in [4.69, 9.17) is 17.3 Å². The molecule has 0 unspecified atom stereocenters. The number of rotatable bonds is 6. The number of carbonyl (C=O) groups is 1. The third-order valence-corrected chi connectivity index (χ3v) is 3.39. The third-order valence-electron chi connectivity index (χ3n) is 3.08. The first-order valence-electron chi connectivity index (χ1n) is 6.30. The van der Waals surface area contributed by atoms with Gasteiger partial charge < -0.3 is 11.1 Å². The van der Waals surface area contributed by atoms with Gasteiger partial charge in [-0.05, 0) is 36.9 Å². The van der Waals surface area contributed by atoms with Crippen molar-refractivity contribution < 1.29 is 9.18 Å². The van der Waals surface area contributed by atoms with Crippen LogP contribution in [0.3, 0.4) is 0 Å². The average molecular weight is 287 g/mol. The molecule has 0 aromatic heterocycles. The normalized spacial score (nSPS) is 11.4. The summed E-state index contributed by atoms with van der Waals surface area (Å²) in [5, 5.41) is 2.72. The maximum atomic E-state index is 13.5. The van der Waals surface area contributed by atoms with Crippen LogP contribution in [0.15, 0.2) is 18.2 Å². The smallest absolute Gasteiger partial charge is 0.224 e. The fourth-order valence-corrected chi connectivity index (χ4v) is 2.00. The van der Waals surface area contributed by atoms with Gasteiger partial charge >= 0.3 is 0 Å². The molecule has 5 heteroatoms. The molecule has 0 spiro atoms. The molecule has 0 bridgehead atoms. The van der Waals surface area contributed by atoms with Gasteiger partial charge in [0.2, 0.25) is 5.91 Å². The van der Waals surface area contributed by atoms with Gasteiger partial charge in [0.25, 0.3) is 0 Å². The van der Waals surface area contributed by atoms with Crippen LogP contribution < -0.4 is 11.1 Å². The maximum absolute atomic E-state index is 13.5. The molecule has 3 nitrogen and oxygen atoms in total. The Bertz CT molecular complexity index is 429. The van der Waals surface area contributed by atoms with Crippen LogP contribution in [0.2, 0.25) is 5.02 Å². The van der Waals surface area contributed by atoms with Crippen LogP contribution in [0, 0.1) is 11.2 Å². The second kappa shape index (κ2) is 6.87. The van der Waals surface area contributed by atoms with E-state index in [1.165, 1.54) is 12.1 Å². The van der Waals surface area contributed by atoms with Gasteiger partial charge in [-0.1, -0.05) is 31.5 Å². The van der Waals surface area contributed by atoms with Crippen molar-refractivity contribution in [2.45, 2.75) is 33.1 Å². The van der Waals surface area contributed by atoms with Crippen LogP contribution >= 0.6 is 11.6 Å². The van der Waals surface area contributed by atoms with Crippen LogP contribution in [0.1, 0.15) is 33.1 Å². The molecule has 0 radical (unpaired) electrons. The first-order chi connectivity index (χ1) is 8.85. The van der Waals surface area contributed by atoms with E-state index < -0.39 is 5.82 Å². The summed E-state index contributed by atoms with van der Waals surface area (Å²) in [5.74, 6) is -0.765. The number of nitrogens with one attached hydrogen (secondary N) is 1. The Hall–Kier alpha value is -1.13. The van der Waals surface area contributed by atoms with Crippen LogP contribution in [0.5, 0.6) is 0 Å². The summed E-state index contributed by atoms with van der Waals surface area (Å²) in [6, 6.07) is 4.30. The molecule has 0 aliphatic carbocycles. The zero-order chi connectivity index (χ0) is 14.5. The monoisotopic (exact) mass is 286 g/mol. The number of para-hydroxylation sites is 1. The minimum atomic E-state index is -0.526. The number of halogens is 2. The van der Waals surface area contributed by atoms with Crippen molar-refractivity contribution in [1.82, 2.24) is 0 Å². The van der Waals surface area contributed by atoms with E-state index in [1.807, 2.05) is 0 Å². The van der Waals surface area contributed by atoms with Gasteiger partial charge in [-0.3, -0.25) is 4.79 Å². The summed E-state index contributed by atoms with van der Waals surface area (Å²) in [6.45, 7) is 4.71. The Kier molecular flexibility index (Phi) is 5.76. The number of benzene rings is 1. The molecule has 0 atom stereocenters. The highest BCUT2D eigenvalue weighted by atomic mass is 35.5. The lowest BCUT2D eigenvalue weighted by Crippen LogP contribution is -2.21. The SMILES string of the molecule is CC(C)(CCN)CCC(=O)Nc1c(F)cccc1Cl. The summed E-state index contributed by atoms with van der Waals surface area (Å²) in [4.78, 5) is 11.8. The quantitative estimate of drug-likeness (QED) is 0.840. The van der Waals surface area contributed by atoms with Gasteiger partial charge in [-0.15, -0.1) is 0 Å². The van der Waals surface area contributed by atoms with E-state index in [1.54, 1.807) is 6.07 Å². The standard InChI is InChI=1S/C14H20ClFN2O/c1-14(2,8-9-17)7-6-12(19)18-13-10(15)4-3-5-11(13)16/h3-5H,6-9,17H2,1-2H3,(H,18,19). The van der Waals surface area contributed by atoms with Gasteiger partial charge in [-0.25, -0.2) is 4.39 Å². The topological polar surface area (TPSA) is 55.1 Å². The molecule has 106 valence electrons. The summed E-state index contributed by atoms with van der Waals surface area (Å²) >= 11 is 5.84. The maximum Gasteiger partial charge on any atom is 0.224 e. The number of anilines is 1. The largest absolute Gasteiger partial charge is 0.330 e. The molecule has 1 aromatic rings. The molecule has 1 aromatic carbocycles. The van der Waals surface area contributed by atoms with Crippen LogP contribution in [0.4, 0.5) is 10.1 Å². The molecule has 0 aliphatic rings. The summed E-state index contributed by atoms with van der Waals surface area (Å²) in [6.07, 6.45) is 1.86. The number of amides is 1. The molecular weight excluding hydrogens is 267 g/mol. The van der Waals surface area contributed by atoms with Crippen molar-refractivity contribution in [2.75, 3.05) is 11.9 Å². The lowest BCUT2D eigenvalue weighted by Gasteiger charge is -2.23. The van der Waals surface area contributed by atoms with Gasteiger partial charge in [0, 0.05) is 6.42 Å². The number of hydrogen-bond donors (Lipinski definition) is 2. The zero-order valence-electron chi connectivity index (χ0n) is 11.3. The Morgan fingerprint density at radius 2 is 2.11 bits per heavy atom. The molecule has 19 heavy (non-hydrogen) atoms. The van der Waals surface area contributed by atoms with Crippen molar-refractivity contribution >= 4 is 23.2 Å². The van der Waals surface area contributed by atoms with Gasteiger partial charge in [0.1, 0.15) is 5.82 Å². The number of nitrogens with two attached hydrogens (primary N) is 1. The van der Waals surface area contributed by atoms with Crippen LogP contribution in [-0.2, 0) is 4.79 Å². The highest BCUT2D eigenvalue weighted by Gasteiger charge is 2.19.